The van der Waals surface area contributed by atoms with E-state index in [2.05, 4.69) is 0 Å². The van der Waals surface area contributed by atoms with Crippen LogP contribution in [0.2, 0.25) is 0 Å². The van der Waals surface area contributed by atoms with E-state index in [0.29, 0.717) is 0 Å². The van der Waals surface area contributed by atoms with Crippen molar-refractivity contribution in [1.29, 1.82) is 0 Å². The second-order valence-electron chi connectivity index (χ2n) is 1.19. The molecule has 0 aliphatic rings. The molecule has 0 aliphatic heterocycles. The fraction of sp³-hybridized carbons (Fsp3) is 0.500. The Morgan fingerprint density at radius 1 is 1.75 bits per heavy atom. The molecule has 0 heterocycles. The molecule has 0 saturated carbocycles. The summed E-state index contributed by atoms with van der Waals surface area (Å²) in [5.41, 5.74) is 0. The van der Waals surface area contributed by atoms with Crippen molar-refractivity contribution >= 4 is 5.94 Å². The van der Waals surface area contributed by atoms with Gasteiger partial charge in [-0.15, -0.1) is 0 Å². The van der Waals surface area contributed by atoms with E-state index < -0.39 is 18.5 Å². The fourth-order valence-electron chi connectivity index (χ4n) is 0.154. The van der Waals surface area contributed by atoms with E-state index in [1.807, 2.05) is 0 Å². The van der Waals surface area contributed by atoms with E-state index in [9.17, 15) is 4.79 Å². The summed E-state index contributed by atoms with van der Waals surface area (Å²) >= 11 is 0. The average Bonchev–Trinajstić information content (AvgIpc) is 1.84. The van der Waals surface area contributed by atoms with Crippen molar-refractivity contribution in [3.8, 4) is 0 Å². The number of hydrogen-bond acceptors (Lipinski definition) is 4. The number of aliphatic hydroxyl groups excluding tert-OH is 3. The number of carbonyl (C=O) groups excluding carboxylic acids is 1. The molecule has 8 heavy (non-hydrogen) atoms. The van der Waals surface area contributed by atoms with Crippen LogP contribution in [-0.4, -0.2) is 34.0 Å². The van der Waals surface area contributed by atoms with Crippen molar-refractivity contribution in [1.82, 2.24) is 0 Å². The third-order valence-corrected chi connectivity index (χ3v) is 0.593. The van der Waals surface area contributed by atoms with Gasteiger partial charge in [0.15, 0.2) is 5.94 Å². The molecular formula is C4H6O4. The predicted octanol–water partition coefficient (Wildman–Crippen LogP) is -1.39. The van der Waals surface area contributed by atoms with Gasteiger partial charge in [-0.2, -0.15) is 0 Å². The highest BCUT2D eigenvalue weighted by atomic mass is 16.4. The molecule has 3 N–H and O–H groups in total. The first-order valence-electron chi connectivity index (χ1n) is 1.95. The molecule has 0 spiro atoms. The molecular weight excluding hydrogens is 112 g/mol. The predicted molar refractivity (Wildman–Crippen MR) is 24.9 cm³/mol. The Morgan fingerprint density at radius 2 is 2.25 bits per heavy atom. The summed E-state index contributed by atoms with van der Waals surface area (Å²) in [5.74, 6) is 0.160. The summed E-state index contributed by atoms with van der Waals surface area (Å²) in [6, 6.07) is 0. The van der Waals surface area contributed by atoms with E-state index in [1.54, 1.807) is 0 Å². The van der Waals surface area contributed by atoms with Gasteiger partial charge in [0.2, 0.25) is 5.76 Å². The van der Waals surface area contributed by atoms with Crippen LogP contribution in [0.5, 0.6) is 0 Å². The minimum Gasteiger partial charge on any atom is -0.500 e. The summed E-state index contributed by atoms with van der Waals surface area (Å²) in [6.07, 6.45) is -1.48. The Labute approximate surface area is 45.7 Å². The minimum absolute atomic E-state index is 0.666. The maximum absolute atomic E-state index is 9.42. The Hall–Kier alpha value is -0.830. The first-order chi connectivity index (χ1) is 3.72. The standard InChI is InChI=1S/C4H6O4/c5-1-3(7)4(8)2-6/h3,5,7-8H,1H2. The second-order valence-corrected chi connectivity index (χ2v) is 1.19. The largest absolute Gasteiger partial charge is 0.500 e. The average molecular weight is 118 g/mol. The van der Waals surface area contributed by atoms with Gasteiger partial charge in [-0.1, -0.05) is 0 Å². The normalized spacial score (nSPS) is 12.2. The van der Waals surface area contributed by atoms with Gasteiger partial charge in [0.1, 0.15) is 6.10 Å². The molecule has 4 heteroatoms. The van der Waals surface area contributed by atoms with Crippen LogP contribution < -0.4 is 0 Å². The third kappa shape index (κ3) is 1.75. The minimum atomic E-state index is -1.48. The molecule has 0 bridgehead atoms. The van der Waals surface area contributed by atoms with Gasteiger partial charge in [-0.05, 0) is 0 Å². The lowest BCUT2D eigenvalue weighted by atomic mass is 10.3. The van der Waals surface area contributed by atoms with Gasteiger partial charge in [0, 0.05) is 0 Å². The molecule has 0 aromatic heterocycles. The smallest absolute Gasteiger partial charge is 0.208 e. The zero-order valence-electron chi connectivity index (χ0n) is 4.03. The molecule has 0 aromatic rings. The molecule has 0 aliphatic carbocycles. The van der Waals surface area contributed by atoms with Gasteiger partial charge >= 0.3 is 0 Å². The molecule has 0 radical (unpaired) electrons. The lowest BCUT2D eigenvalue weighted by Gasteiger charge is -1.98. The summed E-state index contributed by atoms with van der Waals surface area (Å²) < 4.78 is 0. The van der Waals surface area contributed by atoms with E-state index >= 15 is 0 Å². The zero-order chi connectivity index (χ0) is 6.57. The number of aliphatic hydroxyl groups is 3. The Morgan fingerprint density at radius 3 is 2.38 bits per heavy atom. The van der Waals surface area contributed by atoms with Crippen molar-refractivity contribution < 1.29 is 20.1 Å². The van der Waals surface area contributed by atoms with Crippen LogP contribution in [0.25, 0.3) is 0 Å². The van der Waals surface area contributed by atoms with Crippen LogP contribution in [0.4, 0.5) is 0 Å². The van der Waals surface area contributed by atoms with Crippen LogP contribution in [0, 0.1) is 0 Å². The van der Waals surface area contributed by atoms with Gasteiger partial charge in [-0.25, -0.2) is 4.79 Å². The third-order valence-electron chi connectivity index (χ3n) is 0.593. The van der Waals surface area contributed by atoms with Crippen molar-refractivity contribution in [3.63, 3.8) is 0 Å². The first kappa shape index (κ1) is 7.17. The highest BCUT2D eigenvalue weighted by Crippen LogP contribution is 1.88. The zero-order valence-corrected chi connectivity index (χ0v) is 4.03. The molecule has 0 rings (SSSR count). The quantitative estimate of drug-likeness (QED) is 0.308. The molecule has 0 amide bonds. The van der Waals surface area contributed by atoms with Gasteiger partial charge in [0.05, 0.1) is 6.61 Å². The lowest BCUT2D eigenvalue weighted by Crippen LogP contribution is -2.14. The monoisotopic (exact) mass is 118 g/mol. The molecule has 1 atom stereocenters. The second kappa shape index (κ2) is 3.21. The summed E-state index contributed by atoms with van der Waals surface area (Å²) in [7, 11) is 0. The maximum atomic E-state index is 9.42. The van der Waals surface area contributed by atoms with E-state index in [1.165, 1.54) is 0 Å². The first-order valence-corrected chi connectivity index (χ1v) is 1.95. The van der Waals surface area contributed by atoms with E-state index in [0.717, 1.165) is 5.94 Å². The highest BCUT2D eigenvalue weighted by Gasteiger charge is 2.06. The number of hydrogen-bond donors (Lipinski definition) is 3. The van der Waals surface area contributed by atoms with Gasteiger partial charge in [0.25, 0.3) is 0 Å². The van der Waals surface area contributed by atoms with Crippen molar-refractivity contribution in [2.45, 2.75) is 6.10 Å². The molecule has 46 valence electrons. The van der Waals surface area contributed by atoms with Crippen LogP contribution >= 0.6 is 0 Å². The maximum Gasteiger partial charge on any atom is 0.208 e. The van der Waals surface area contributed by atoms with Crippen molar-refractivity contribution in [2.75, 3.05) is 6.61 Å². The summed E-state index contributed by atoms with van der Waals surface area (Å²) in [4.78, 5) is 9.42. The Bertz CT molecular complexity index is 113. The SMILES string of the molecule is O=C=C(O)C(O)CO. The molecule has 4 nitrogen and oxygen atoms in total. The summed E-state index contributed by atoms with van der Waals surface area (Å²) in [5, 5.41) is 24.6. The Kier molecular flexibility index (Phi) is 2.88. The molecule has 1 unspecified atom stereocenters. The topological polar surface area (TPSA) is 77.8 Å². The van der Waals surface area contributed by atoms with E-state index in [4.69, 9.17) is 15.3 Å². The van der Waals surface area contributed by atoms with Crippen LogP contribution in [0.1, 0.15) is 0 Å². The van der Waals surface area contributed by atoms with Crippen LogP contribution in [0.15, 0.2) is 5.76 Å². The summed E-state index contributed by atoms with van der Waals surface area (Å²) in [6.45, 7) is -0.666. The van der Waals surface area contributed by atoms with Crippen molar-refractivity contribution in [2.24, 2.45) is 0 Å². The fourth-order valence-corrected chi connectivity index (χ4v) is 0.154. The highest BCUT2D eigenvalue weighted by molar-refractivity contribution is 5.50. The van der Waals surface area contributed by atoms with Crippen molar-refractivity contribution in [3.05, 3.63) is 5.76 Å². The number of rotatable bonds is 2. The molecule has 0 saturated heterocycles. The Balaban J connectivity index is 3.82. The van der Waals surface area contributed by atoms with Crippen LogP contribution in [-0.2, 0) is 4.79 Å². The van der Waals surface area contributed by atoms with Gasteiger partial charge in [-0.3, -0.25) is 0 Å². The van der Waals surface area contributed by atoms with E-state index in [-0.39, 0.29) is 0 Å². The lowest BCUT2D eigenvalue weighted by molar-refractivity contribution is 0.0891. The van der Waals surface area contributed by atoms with Gasteiger partial charge < -0.3 is 15.3 Å². The molecule has 0 aromatic carbocycles. The van der Waals surface area contributed by atoms with Crippen LogP contribution in [0.3, 0.4) is 0 Å². The molecule has 0 fully saturated rings.